The van der Waals surface area contributed by atoms with E-state index in [1.165, 1.54) is 18.5 Å². The van der Waals surface area contributed by atoms with Crippen LogP contribution in [0, 0.1) is 5.92 Å². The Kier molecular flexibility index (Phi) is 5.05. The van der Waals surface area contributed by atoms with Crippen LogP contribution in [-0.2, 0) is 10.0 Å². The molecule has 3 rings (SSSR count). The van der Waals surface area contributed by atoms with Gasteiger partial charge in [-0.2, -0.15) is 0 Å². The lowest BCUT2D eigenvalue weighted by Gasteiger charge is -2.30. The number of anilines is 2. The van der Waals surface area contributed by atoms with Crippen LogP contribution in [0.25, 0.3) is 0 Å². The Morgan fingerprint density at radius 2 is 1.79 bits per heavy atom. The highest BCUT2D eigenvalue weighted by molar-refractivity contribution is 9.10. The molecule has 128 valence electrons. The number of piperidine rings is 1. The van der Waals surface area contributed by atoms with Crippen LogP contribution in [0.5, 0.6) is 0 Å². The predicted octanol–water partition coefficient (Wildman–Crippen LogP) is 3.28. The predicted molar refractivity (Wildman–Crippen MR) is 97.6 cm³/mol. The van der Waals surface area contributed by atoms with Gasteiger partial charge in [-0.15, -0.1) is 0 Å². The number of nitrogens with one attached hydrogen (secondary N) is 1. The SMILES string of the molecule is CC1CCN(c2ncc(NS(=O)(=O)c3ccccc3Br)cn2)CC1. The Labute approximate surface area is 150 Å². The second-order valence-corrected chi connectivity index (χ2v) is 8.48. The Hall–Kier alpha value is -1.67. The molecule has 1 aliphatic heterocycles. The molecule has 1 saturated heterocycles. The van der Waals surface area contributed by atoms with Crippen molar-refractivity contribution in [3.8, 4) is 0 Å². The molecule has 0 aliphatic carbocycles. The van der Waals surface area contributed by atoms with Crippen LogP contribution < -0.4 is 9.62 Å². The van der Waals surface area contributed by atoms with Gasteiger partial charge in [0.05, 0.1) is 18.1 Å². The van der Waals surface area contributed by atoms with Crippen LogP contribution in [-0.4, -0.2) is 31.5 Å². The van der Waals surface area contributed by atoms with E-state index in [4.69, 9.17) is 0 Å². The molecule has 1 aromatic carbocycles. The van der Waals surface area contributed by atoms with Crippen LogP contribution in [0.1, 0.15) is 19.8 Å². The molecule has 8 heteroatoms. The van der Waals surface area contributed by atoms with E-state index in [9.17, 15) is 8.42 Å². The Bertz CT molecular complexity index is 803. The molecule has 2 aromatic rings. The molecule has 0 saturated carbocycles. The summed E-state index contributed by atoms with van der Waals surface area (Å²) < 4.78 is 27.9. The van der Waals surface area contributed by atoms with Crippen molar-refractivity contribution in [3.63, 3.8) is 0 Å². The summed E-state index contributed by atoms with van der Waals surface area (Å²) in [6.07, 6.45) is 5.27. The Morgan fingerprint density at radius 3 is 2.42 bits per heavy atom. The second-order valence-electron chi connectivity index (χ2n) is 5.98. The first-order valence-corrected chi connectivity index (χ1v) is 10.1. The zero-order chi connectivity index (χ0) is 17.2. The number of halogens is 1. The summed E-state index contributed by atoms with van der Waals surface area (Å²) in [6.45, 7) is 4.12. The maximum Gasteiger partial charge on any atom is 0.263 e. The maximum atomic E-state index is 12.4. The van der Waals surface area contributed by atoms with Gasteiger partial charge in [0.25, 0.3) is 10.0 Å². The van der Waals surface area contributed by atoms with E-state index in [1.807, 2.05) is 0 Å². The van der Waals surface area contributed by atoms with Gasteiger partial charge in [0, 0.05) is 17.6 Å². The molecule has 24 heavy (non-hydrogen) atoms. The number of hydrogen-bond donors (Lipinski definition) is 1. The van der Waals surface area contributed by atoms with Gasteiger partial charge < -0.3 is 4.90 Å². The quantitative estimate of drug-likeness (QED) is 0.836. The minimum absolute atomic E-state index is 0.180. The lowest BCUT2D eigenvalue weighted by atomic mass is 10.00. The average molecular weight is 411 g/mol. The smallest absolute Gasteiger partial charge is 0.263 e. The van der Waals surface area contributed by atoms with Gasteiger partial charge in [0.15, 0.2) is 0 Å². The van der Waals surface area contributed by atoms with Crippen LogP contribution in [0.2, 0.25) is 0 Å². The molecule has 1 fully saturated rings. The summed E-state index contributed by atoms with van der Waals surface area (Å²) >= 11 is 3.26. The summed E-state index contributed by atoms with van der Waals surface area (Å²) in [5, 5.41) is 0. The van der Waals surface area contributed by atoms with Gasteiger partial charge in [0.1, 0.15) is 4.90 Å². The second kappa shape index (κ2) is 7.06. The normalized spacial score (nSPS) is 16.2. The number of benzene rings is 1. The molecule has 0 spiro atoms. The van der Waals surface area contributed by atoms with Crippen molar-refractivity contribution in [1.29, 1.82) is 0 Å². The third kappa shape index (κ3) is 3.87. The molecule has 1 N–H and O–H groups in total. The third-order valence-corrected chi connectivity index (χ3v) is 6.48. The van der Waals surface area contributed by atoms with Crippen LogP contribution in [0.3, 0.4) is 0 Å². The van der Waals surface area contributed by atoms with Gasteiger partial charge >= 0.3 is 0 Å². The van der Waals surface area contributed by atoms with Crippen molar-refractivity contribution in [1.82, 2.24) is 9.97 Å². The lowest BCUT2D eigenvalue weighted by molar-refractivity contribution is 0.434. The van der Waals surface area contributed by atoms with E-state index in [-0.39, 0.29) is 4.90 Å². The van der Waals surface area contributed by atoms with Crippen molar-refractivity contribution in [2.45, 2.75) is 24.7 Å². The minimum atomic E-state index is -3.68. The highest BCUT2D eigenvalue weighted by Crippen LogP contribution is 2.24. The number of hydrogen-bond acceptors (Lipinski definition) is 5. The molecule has 6 nitrogen and oxygen atoms in total. The minimum Gasteiger partial charge on any atom is -0.341 e. The number of sulfonamides is 1. The molecule has 0 bridgehead atoms. The Morgan fingerprint density at radius 1 is 1.17 bits per heavy atom. The first-order valence-electron chi connectivity index (χ1n) is 7.80. The van der Waals surface area contributed by atoms with E-state index >= 15 is 0 Å². The summed E-state index contributed by atoms with van der Waals surface area (Å²) in [6, 6.07) is 6.67. The molecular formula is C16H19BrN4O2S. The molecule has 2 heterocycles. The fourth-order valence-electron chi connectivity index (χ4n) is 2.62. The third-order valence-electron chi connectivity index (χ3n) is 4.08. The highest BCUT2D eigenvalue weighted by Gasteiger charge is 2.20. The van der Waals surface area contributed by atoms with Crippen molar-refractivity contribution < 1.29 is 8.42 Å². The maximum absolute atomic E-state index is 12.4. The van der Waals surface area contributed by atoms with Crippen molar-refractivity contribution in [2.75, 3.05) is 22.7 Å². The Balaban J connectivity index is 1.73. The van der Waals surface area contributed by atoms with Gasteiger partial charge in [0.2, 0.25) is 5.95 Å². The van der Waals surface area contributed by atoms with Gasteiger partial charge in [-0.1, -0.05) is 19.1 Å². The zero-order valence-corrected chi connectivity index (χ0v) is 15.7. The molecular weight excluding hydrogens is 392 g/mol. The number of nitrogens with zero attached hydrogens (tertiary/aromatic N) is 3. The topological polar surface area (TPSA) is 75.2 Å². The molecule has 0 unspecified atom stereocenters. The fourth-order valence-corrected chi connectivity index (χ4v) is 4.65. The first-order chi connectivity index (χ1) is 11.5. The van der Waals surface area contributed by atoms with Gasteiger partial charge in [-0.25, -0.2) is 18.4 Å². The number of rotatable bonds is 4. The monoisotopic (exact) mass is 410 g/mol. The van der Waals surface area contributed by atoms with Crippen molar-refractivity contribution in [3.05, 3.63) is 41.1 Å². The van der Waals surface area contributed by atoms with Crippen molar-refractivity contribution in [2.24, 2.45) is 5.92 Å². The lowest BCUT2D eigenvalue weighted by Crippen LogP contribution is -2.34. The van der Waals surface area contributed by atoms with E-state index in [0.29, 0.717) is 16.1 Å². The van der Waals surface area contributed by atoms with E-state index in [0.717, 1.165) is 31.8 Å². The molecule has 0 radical (unpaired) electrons. The summed E-state index contributed by atoms with van der Waals surface area (Å²) in [4.78, 5) is 10.9. The summed E-state index contributed by atoms with van der Waals surface area (Å²) in [7, 11) is -3.68. The standard InChI is InChI=1S/C16H19BrN4O2S/c1-12-6-8-21(9-7-12)16-18-10-13(11-19-16)20-24(22,23)15-5-3-2-4-14(15)17/h2-5,10-12,20H,6-9H2,1H3. The summed E-state index contributed by atoms with van der Waals surface area (Å²) in [5.74, 6) is 1.38. The zero-order valence-electron chi connectivity index (χ0n) is 13.3. The first kappa shape index (κ1) is 17.2. The molecule has 0 amide bonds. The molecule has 1 aliphatic rings. The van der Waals surface area contributed by atoms with E-state index in [1.54, 1.807) is 18.2 Å². The highest BCUT2D eigenvalue weighted by atomic mass is 79.9. The average Bonchev–Trinajstić information content (AvgIpc) is 2.56. The summed E-state index contributed by atoms with van der Waals surface area (Å²) in [5.41, 5.74) is 0.347. The largest absolute Gasteiger partial charge is 0.341 e. The number of aromatic nitrogens is 2. The van der Waals surface area contributed by atoms with E-state index in [2.05, 4.69) is 42.4 Å². The van der Waals surface area contributed by atoms with E-state index < -0.39 is 10.0 Å². The van der Waals surface area contributed by atoms with Gasteiger partial charge in [-0.05, 0) is 46.8 Å². The van der Waals surface area contributed by atoms with Gasteiger partial charge in [-0.3, -0.25) is 4.72 Å². The fraction of sp³-hybridized carbons (Fsp3) is 0.375. The molecule has 1 aromatic heterocycles. The van der Waals surface area contributed by atoms with Crippen molar-refractivity contribution >= 4 is 37.6 Å². The van der Waals surface area contributed by atoms with Crippen LogP contribution >= 0.6 is 15.9 Å². The van der Waals surface area contributed by atoms with Crippen LogP contribution in [0.4, 0.5) is 11.6 Å². The van der Waals surface area contributed by atoms with Crippen LogP contribution in [0.15, 0.2) is 46.0 Å². The molecule has 0 atom stereocenters.